The summed E-state index contributed by atoms with van der Waals surface area (Å²) in [6.07, 6.45) is 4.46. The van der Waals surface area contributed by atoms with Crippen LogP contribution in [0.2, 0.25) is 0 Å². The Balaban J connectivity index is 1.68. The quantitative estimate of drug-likeness (QED) is 0.123. The molecule has 0 unspecified atom stereocenters. The Morgan fingerprint density at radius 1 is 0.783 bits per heavy atom. The fraction of sp³-hybridized carbons (Fsp3) is 0.342. The minimum absolute atomic E-state index is 0.0689. The number of carbonyl (C=O) groups is 3. The molecule has 3 aromatic rings. The minimum Gasteiger partial charge on any atom is -0.463 e. The molecular weight excluding hydrogens is 580 g/mol. The summed E-state index contributed by atoms with van der Waals surface area (Å²) in [5.41, 5.74) is 2.91. The van der Waals surface area contributed by atoms with E-state index in [-0.39, 0.29) is 57.0 Å². The van der Waals surface area contributed by atoms with Gasteiger partial charge in [-0.25, -0.2) is 0 Å². The van der Waals surface area contributed by atoms with Crippen molar-refractivity contribution in [3.05, 3.63) is 133 Å². The maximum atomic E-state index is 13.6. The van der Waals surface area contributed by atoms with Gasteiger partial charge in [0.05, 0.1) is 37.7 Å². The van der Waals surface area contributed by atoms with Gasteiger partial charge in [-0.3, -0.25) is 14.4 Å². The van der Waals surface area contributed by atoms with Crippen LogP contribution in [-0.4, -0.2) is 60.2 Å². The lowest BCUT2D eigenvalue weighted by Gasteiger charge is -2.26. The van der Waals surface area contributed by atoms with Gasteiger partial charge in [-0.05, 0) is 36.0 Å². The standard InChI is InChI=1S/C38H46N2O6/c1-3-14-33(25-36(42)40(22-23-41)26-31-18-10-6-11-19-31)37(43)39-35(28-45-27-32-20-12-7-13-21-32)29-46-38(44)34(15-4-2)24-30-16-8-5-9-17-30/h3-13,16-21,33-35,41H,1-2,14-15,22-29H2,(H,39,43)/t33-,34-,35-/m0/s1. The molecule has 2 amide bonds. The van der Waals surface area contributed by atoms with Crippen LogP contribution in [0.5, 0.6) is 0 Å². The highest BCUT2D eigenvalue weighted by atomic mass is 16.5. The monoisotopic (exact) mass is 626 g/mol. The molecule has 0 heterocycles. The first-order valence-corrected chi connectivity index (χ1v) is 15.7. The maximum absolute atomic E-state index is 13.6. The van der Waals surface area contributed by atoms with Crippen molar-refractivity contribution >= 4 is 17.8 Å². The van der Waals surface area contributed by atoms with Gasteiger partial charge in [0.2, 0.25) is 11.8 Å². The third kappa shape index (κ3) is 12.8. The molecule has 46 heavy (non-hydrogen) atoms. The molecule has 0 aliphatic heterocycles. The van der Waals surface area contributed by atoms with Crippen LogP contribution < -0.4 is 5.32 Å². The van der Waals surface area contributed by atoms with Crippen molar-refractivity contribution in [2.75, 3.05) is 26.4 Å². The number of ether oxygens (including phenoxy) is 2. The smallest absolute Gasteiger partial charge is 0.309 e. The minimum atomic E-state index is -0.708. The third-order valence-corrected chi connectivity index (χ3v) is 7.50. The first-order chi connectivity index (χ1) is 22.4. The van der Waals surface area contributed by atoms with Crippen molar-refractivity contribution in [3.8, 4) is 0 Å². The second kappa shape index (κ2) is 20.5. The van der Waals surface area contributed by atoms with Gasteiger partial charge in [-0.15, -0.1) is 13.2 Å². The van der Waals surface area contributed by atoms with Crippen molar-refractivity contribution < 1.29 is 29.0 Å². The molecule has 0 spiro atoms. The first-order valence-electron chi connectivity index (χ1n) is 15.7. The number of hydrogen-bond acceptors (Lipinski definition) is 6. The summed E-state index contributed by atoms with van der Waals surface area (Å²) >= 11 is 0. The van der Waals surface area contributed by atoms with Crippen molar-refractivity contribution in [2.45, 2.75) is 44.9 Å². The van der Waals surface area contributed by atoms with Gasteiger partial charge >= 0.3 is 5.97 Å². The van der Waals surface area contributed by atoms with E-state index in [1.807, 2.05) is 91.0 Å². The summed E-state index contributed by atoms with van der Waals surface area (Å²) in [6.45, 7) is 8.18. The average molecular weight is 627 g/mol. The van der Waals surface area contributed by atoms with Crippen LogP contribution in [0.25, 0.3) is 0 Å². The number of allylic oxidation sites excluding steroid dienone is 2. The average Bonchev–Trinajstić information content (AvgIpc) is 3.07. The molecule has 8 nitrogen and oxygen atoms in total. The normalized spacial score (nSPS) is 12.7. The predicted octanol–water partition coefficient (Wildman–Crippen LogP) is 5.27. The van der Waals surface area contributed by atoms with Gasteiger partial charge in [0, 0.05) is 19.5 Å². The number of aliphatic hydroxyl groups is 1. The summed E-state index contributed by atoms with van der Waals surface area (Å²) in [6, 6.07) is 28.2. The number of amides is 2. The largest absolute Gasteiger partial charge is 0.463 e. The van der Waals surface area contributed by atoms with Gasteiger partial charge < -0.3 is 24.8 Å². The topological polar surface area (TPSA) is 105 Å². The van der Waals surface area contributed by atoms with Crippen molar-refractivity contribution in [1.82, 2.24) is 10.2 Å². The highest BCUT2D eigenvalue weighted by Crippen LogP contribution is 2.17. The molecule has 3 aromatic carbocycles. The zero-order chi connectivity index (χ0) is 33.0. The van der Waals surface area contributed by atoms with E-state index in [0.29, 0.717) is 26.0 Å². The third-order valence-electron chi connectivity index (χ3n) is 7.50. The maximum Gasteiger partial charge on any atom is 0.309 e. The Hall–Kier alpha value is -4.53. The number of rotatable bonds is 21. The summed E-state index contributed by atoms with van der Waals surface area (Å²) < 4.78 is 11.7. The lowest BCUT2D eigenvalue weighted by molar-refractivity contribution is -0.150. The van der Waals surface area contributed by atoms with Gasteiger partial charge in [-0.2, -0.15) is 0 Å². The number of benzene rings is 3. The molecule has 0 saturated carbocycles. The van der Waals surface area contributed by atoms with Gasteiger partial charge in [0.1, 0.15) is 6.61 Å². The van der Waals surface area contributed by atoms with E-state index in [0.717, 1.165) is 16.7 Å². The lowest BCUT2D eigenvalue weighted by atomic mass is 9.96. The number of carbonyl (C=O) groups excluding carboxylic acids is 3. The van der Waals surface area contributed by atoms with Gasteiger partial charge in [0.15, 0.2) is 0 Å². The number of aliphatic hydroxyl groups excluding tert-OH is 1. The van der Waals surface area contributed by atoms with E-state index in [2.05, 4.69) is 18.5 Å². The van der Waals surface area contributed by atoms with E-state index < -0.39 is 17.9 Å². The van der Waals surface area contributed by atoms with Crippen LogP contribution in [0.4, 0.5) is 0 Å². The number of nitrogens with zero attached hydrogens (tertiary/aromatic N) is 1. The molecule has 0 radical (unpaired) electrons. The first kappa shape index (κ1) is 35.9. The molecule has 0 saturated heterocycles. The summed E-state index contributed by atoms with van der Waals surface area (Å²) in [5.74, 6) is -2.13. The molecule has 244 valence electrons. The van der Waals surface area contributed by atoms with Crippen molar-refractivity contribution in [2.24, 2.45) is 11.8 Å². The zero-order valence-electron chi connectivity index (χ0n) is 26.5. The van der Waals surface area contributed by atoms with E-state index in [9.17, 15) is 19.5 Å². The summed E-state index contributed by atoms with van der Waals surface area (Å²) in [5, 5.41) is 12.6. The Kier molecular flexibility index (Phi) is 16.0. The Bertz CT molecular complexity index is 1350. The number of nitrogens with one attached hydrogen (secondary N) is 1. The van der Waals surface area contributed by atoms with Gasteiger partial charge in [-0.1, -0.05) is 103 Å². The second-order valence-electron chi connectivity index (χ2n) is 11.2. The molecule has 2 N–H and O–H groups in total. The highest BCUT2D eigenvalue weighted by molar-refractivity contribution is 5.86. The molecule has 0 bridgehead atoms. The van der Waals surface area contributed by atoms with Crippen LogP contribution >= 0.6 is 0 Å². The van der Waals surface area contributed by atoms with Crippen LogP contribution in [0.15, 0.2) is 116 Å². The number of esters is 1. The molecule has 3 atom stereocenters. The highest BCUT2D eigenvalue weighted by Gasteiger charge is 2.27. The van der Waals surface area contributed by atoms with E-state index in [1.165, 1.54) is 0 Å². The Labute approximate surface area is 272 Å². The fourth-order valence-electron chi connectivity index (χ4n) is 5.05. The molecule has 0 aliphatic rings. The van der Waals surface area contributed by atoms with E-state index >= 15 is 0 Å². The van der Waals surface area contributed by atoms with Gasteiger partial charge in [0.25, 0.3) is 0 Å². The molecule has 0 aliphatic carbocycles. The van der Waals surface area contributed by atoms with Crippen LogP contribution in [0, 0.1) is 11.8 Å². The van der Waals surface area contributed by atoms with Crippen LogP contribution in [-0.2, 0) is 43.4 Å². The van der Waals surface area contributed by atoms with E-state index in [1.54, 1.807) is 17.1 Å². The zero-order valence-corrected chi connectivity index (χ0v) is 26.5. The van der Waals surface area contributed by atoms with Crippen molar-refractivity contribution in [1.29, 1.82) is 0 Å². The van der Waals surface area contributed by atoms with Crippen LogP contribution in [0.3, 0.4) is 0 Å². The lowest BCUT2D eigenvalue weighted by Crippen LogP contribution is -2.46. The Morgan fingerprint density at radius 3 is 1.93 bits per heavy atom. The van der Waals surface area contributed by atoms with Crippen molar-refractivity contribution in [3.63, 3.8) is 0 Å². The molecule has 0 aromatic heterocycles. The Morgan fingerprint density at radius 2 is 1.35 bits per heavy atom. The molecule has 8 heteroatoms. The SMILES string of the molecule is C=CC[C@@H](CC(=O)N(CCO)Cc1ccccc1)C(=O)N[C@@H](COCc1ccccc1)COC(=O)[C@@H](CC=C)Cc1ccccc1. The second-order valence-corrected chi connectivity index (χ2v) is 11.2. The van der Waals surface area contributed by atoms with E-state index in [4.69, 9.17) is 9.47 Å². The van der Waals surface area contributed by atoms with Crippen LogP contribution in [0.1, 0.15) is 36.0 Å². The molecule has 0 fully saturated rings. The number of hydrogen-bond donors (Lipinski definition) is 2. The predicted molar refractivity (Wildman–Crippen MR) is 179 cm³/mol. The molecular formula is C38H46N2O6. The summed E-state index contributed by atoms with van der Waals surface area (Å²) in [4.78, 5) is 41.7. The fourth-order valence-corrected chi connectivity index (χ4v) is 5.05. The summed E-state index contributed by atoms with van der Waals surface area (Å²) in [7, 11) is 0. The molecule has 3 rings (SSSR count).